The first-order valence-electron chi connectivity index (χ1n) is 11.6. The summed E-state index contributed by atoms with van der Waals surface area (Å²) in [6.07, 6.45) is 1.12. The number of nitrogens with zero attached hydrogens (tertiary/aromatic N) is 1. The summed E-state index contributed by atoms with van der Waals surface area (Å²) in [6.45, 7) is 3.16. The van der Waals surface area contributed by atoms with Crippen molar-refractivity contribution < 1.29 is 43.0 Å². The fourth-order valence-electron chi connectivity index (χ4n) is 3.22. The van der Waals surface area contributed by atoms with Gasteiger partial charge in [-0.25, -0.2) is 9.59 Å². The number of alkyl carbamates (subject to hydrolysis) is 2. The molecule has 0 saturated heterocycles. The zero-order valence-electron chi connectivity index (χ0n) is 21.3. The molecule has 0 spiro atoms. The second-order valence-corrected chi connectivity index (χ2v) is 8.00. The first-order valence-corrected chi connectivity index (χ1v) is 11.6. The molecule has 0 bridgehead atoms. The highest BCUT2D eigenvalue weighted by Gasteiger charge is 2.33. The molecule has 5 N–H and O–H groups in total. The Hall–Kier alpha value is -4.17. The molecule has 1 aliphatic rings. The van der Waals surface area contributed by atoms with Crippen LogP contribution in [0.1, 0.15) is 39.5 Å². The van der Waals surface area contributed by atoms with Crippen LogP contribution in [0.3, 0.4) is 0 Å². The van der Waals surface area contributed by atoms with Crippen LogP contribution in [0.15, 0.2) is 12.2 Å². The van der Waals surface area contributed by atoms with Gasteiger partial charge in [-0.1, -0.05) is 0 Å². The summed E-state index contributed by atoms with van der Waals surface area (Å²) < 4.78 is 9.00. The van der Waals surface area contributed by atoms with Crippen LogP contribution in [0.25, 0.3) is 0 Å². The van der Waals surface area contributed by atoms with Gasteiger partial charge in [0.1, 0.15) is 12.1 Å². The van der Waals surface area contributed by atoms with Gasteiger partial charge in [-0.3, -0.25) is 28.9 Å². The molecule has 0 aromatic carbocycles. The van der Waals surface area contributed by atoms with Crippen molar-refractivity contribution in [2.24, 2.45) is 0 Å². The van der Waals surface area contributed by atoms with Crippen molar-refractivity contribution >= 4 is 41.7 Å². The molecule has 15 heteroatoms. The maximum absolute atomic E-state index is 12.5. The summed E-state index contributed by atoms with van der Waals surface area (Å²) in [5.41, 5.74) is 0. The predicted molar refractivity (Wildman–Crippen MR) is 127 cm³/mol. The van der Waals surface area contributed by atoms with E-state index >= 15 is 0 Å². The Morgan fingerprint density at radius 2 is 1.43 bits per heavy atom. The highest BCUT2D eigenvalue weighted by atomic mass is 16.5. The third kappa shape index (κ3) is 11.0. The molecule has 1 aliphatic heterocycles. The molecule has 206 valence electrons. The van der Waals surface area contributed by atoms with E-state index in [1.807, 2.05) is 0 Å². The van der Waals surface area contributed by atoms with Crippen molar-refractivity contribution in [2.45, 2.75) is 57.8 Å². The van der Waals surface area contributed by atoms with E-state index in [0.29, 0.717) is 19.4 Å². The molecule has 0 saturated carbocycles. The van der Waals surface area contributed by atoms with Crippen molar-refractivity contribution in [3.05, 3.63) is 12.2 Å². The average Bonchev–Trinajstić information content (AvgIpc) is 3.19. The molecular formula is C22H34N6O9. The summed E-state index contributed by atoms with van der Waals surface area (Å²) in [5.74, 6) is -2.84. The number of ether oxygens (including phenoxy) is 2. The van der Waals surface area contributed by atoms with E-state index in [0.717, 1.165) is 24.2 Å². The van der Waals surface area contributed by atoms with Crippen molar-refractivity contribution in [1.29, 1.82) is 0 Å². The molecule has 15 nitrogen and oxygen atoms in total. The number of imide groups is 1. The van der Waals surface area contributed by atoms with Gasteiger partial charge in [-0.2, -0.15) is 0 Å². The van der Waals surface area contributed by atoms with Gasteiger partial charge in [0.25, 0.3) is 11.8 Å². The molecule has 3 atom stereocenters. The van der Waals surface area contributed by atoms with E-state index < -0.39 is 60.0 Å². The summed E-state index contributed by atoms with van der Waals surface area (Å²) in [6, 6.07) is -1.98. The van der Waals surface area contributed by atoms with Gasteiger partial charge in [0, 0.05) is 31.7 Å². The van der Waals surface area contributed by atoms with E-state index in [2.05, 4.69) is 36.1 Å². The minimum Gasteiger partial charge on any atom is -0.453 e. The molecule has 7 amide bonds. The molecule has 1 heterocycles. The zero-order chi connectivity index (χ0) is 28.0. The maximum atomic E-state index is 12.5. The number of nitrogens with one attached hydrogen (secondary N) is 5. The van der Waals surface area contributed by atoms with Gasteiger partial charge >= 0.3 is 12.2 Å². The number of methoxy groups -OCH3 is 2. The highest BCUT2D eigenvalue weighted by molar-refractivity contribution is 6.15. The number of rotatable bonds is 14. The lowest BCUT2D eigenvalue weighted by molar-refractivity contribution is -0.145. The average molecular weight is 527 g/mol. The molecule has 0 aromatic rings. The van der Waals surface area contributed by atoms with Gasteiger partial charge in [0.15, 0.2) is 0 Å². The second kappa shape index (κ2) is 15.7. The summed E-state index contributed by atoms with van der Waals surface area (Å²) in [7, 11) is 2.40. The summed E-state index contributed by atoms with van der Waals surface area (Å²) in [5, 5.41) is 12.5. The van der Waals surface area contributed by atoms with Crippen LogP contribution in [-0.2, 0) is 33.4 Å². The minimum absolute atomic E-state index is 0.0482. The number of carbonyl (C=O) groups is 7. The molecule has 0 fully saturated rings. The van der Waals surface area contributed by atoms with Gasteiger partial charge in [-0.05, 0) is 33.1 Å². The van der Waals surface area contributed by atoms with Crippen LogP contribution in [0.4, 0.5) is 9.59 Å². The lowest BCUT2D eigenvalue weighted by Crippen LogP contribution is -2.54. The molecule has 0 aliphatic carbocycles. The first kappa shape index (κ1) is 30.9. The van der Waals surface area contributed by atoms with Crippen LogP contribution in [0.5, 0.6) is 0 Å². The Balaban J connectivity index is 2.42. The summed E-state index contributed by atoms with van der Waals surface area (Å²) >= 11 is 0. The maximum Gasteiger partial charge on any atom is 0.407 e. The van der Waals surface area contributed by atoms with Crippen molar-refractivity contribution in [2.75, 3.05) is 27.3 Å². The lowest BCUT2D eigenvalue weighted by atomic mass is 10.1. The minimum atomic E-state index is -1.07. The van der Waals surface area contributed by atoms with Crippen LogP contribution in [-0.4, -0.2) is 92.2 Å². The number of hydrogen-bond donors (Lipinski definition) is 5. The van der Waals surface area contributed by atoms with Crippen LogP contribution in [0.2, 0.25) is 0 Å². The molecular weight excluding hydrogens is 492 g/mol. The van der Waals surface area contributed by atoms with E-state index in [4.69, 9.17) is 0 Å². The Labute approximate surface area is 214 Å². The predicted octanol–water partition coefficient (Wildman–Crippen LogP) is -1.36. The smallest absolute Gasteiger partial charge is 0.407 e. The fraction of sp³-hybridized carbons (Fsp3) is 0.591. The molecule has 0 aromatic heterocycles. The van der Waals surface area contributed by atoms with E-state index in [1.165, 1.54) is 21.0 Å². The SMILES string of the molecule is COC(=O)NCCCCC(NC(=O)OC)C(=O)NCCC(=O)NC(C)NC(=O)C(C)N1C(=O)C=CC1=O. The monoisotopic (exact) mass is 526 g/mol. The normalized spacial score (nSPS) is 14.8. The van der Waals surface area contributed by atoms with Crippen molar-refractivity contribution in [3.8, 4) is 0 Å². The quantitative estimate of drug-likeness (QED) is 0.103. The van der Waals surface area contributed by atoms with Crippen LogP contribution in [0, 0.1) is 0 Å². The Bertz CT molecular complexity index is 889. The zero-order valence-corrected chi connectivity index (χ0v) is 21.3. The number of hydrogen-bond acceptors (Lipinski definition) is 9. The fourth-order valence-corrected chi connectivity index (χ4v) is 3.22. The topological polar surface area (TPSA) is 201 Å². The van der Waals surface area contributed by atoms with Gasteiger partial charge in [-0.15, -0.1) is 0 Å². The molecule has 0 radical (unpaired) electrons. The van der Waals surface area contributed by atoms with E-state index in [-0.39, 0.29) is 19.4 Å². The third-order valence-electron chi connectivity index (χ3n) is 5.17. The first-order chi connectivity index (χ1) is 17.5. The Morgan fingerprint density at radius 1 is 0.811 bits per heavy atom. The van der Waals surface area contributed by atoms with Crippen molar-refractivity contribution in [1.82, 2.24) is 31.5 Å². The number of amides is 7. The standard InChI is InChI=1S/C22H34N6O9/c1-13(28-17(30)8-9-18(28)31)19(32)26-14(2)25-16(29)10-12-23-20(33)15(27-22(35)37-4)7-5-6-11-24-21(34)36-3/h8-9,13-15H,5-7,10-12H2,1-4H3,(H,23,33)(H,24,34)(H,25,29)(H,26,32)(H,27,35). The van der Waals surface area contributed by atoms with Gasteiger partial charge < -0.3 is 36.1 Å². The number of unbranched alkanes of at least 4 members (excludes halogenated alkanes) is 1. The molecule has 3 unspecified atom stereocenters. The summed E-state index contributed by atoms with van der Waals surface area (Å²) in [4.78, 5) is 83.8. The van der Waals surface area contributed by atoms with E-state index in [1.54, 1.807) is 0 Å². The number of carbonyl (C=O) groups excluding carboxylic acids is 7. The third-order valence-corrected chi connectivity index (χ3v) is 5.17. The van der Waals surface area contributed by atoms with Crippen LogP contribution < -0.4 is 26.6 Å². The van der Waals surface area contributed by atoms with E-state index in [9.17, 15) is 33.6 Å². The highest BCUT2D eigenvalue weighted by Crippen LogP contribution is 2.09. The van der Waals surface area contributed by atoms with Crippen molar-refractivity contribution in [3.63, 3.8) is 0 Å². The molecule has 1 rings (SSSR count). The Morgan fingerprint density at radius 3 is 2.03 bits per heavy atom. The lowest BCUT2D eigenvalue weighted by Gasteiger charge is -2.24. The largest absolute Gasteiger partial charge is 0.453 e. The van der Waals surface area contributed by atoms with Gasteiger partial charge in [0.05, 0.1) is 20.4 Å². The molecule has 37 heavy (non-hydrogen) atoms. The Kier molecular flexibility index (Phi) is 13.1. The second-order valence-electron chi connectivity index (χ2n) is 8.00. The van der Waals surface area contributed by atoms with Gasteiger partial charge in [0.2, 0.25) is 17.7 Å². The van der Waals surface area contributed by atoms with Crippen LogP contribution >= 0.6 is 0 Å².